The van der Waals surface area contributed by atoms with Crippen LogP contribution in [0.5, 0.6) is 0 Å². The first-order valence-electron chi connectivity index (χ1n) is 9.33. The lowest BCUT2D eigenvalue weighted by molar-refractivity contribution is 0.795. The van der Waals surface area contributed by atoms with E-state index in [1.54, 1.807) is 0 Å². The largest absolute Gasteiger partial charge is 0.653 e. The number of thiol groups is 1. The van der Waals surface area contributed by atoms with Crippen molar-refractivity contribution in [2.45, 2.75) is 5.41 Å². The molecular weight excluding hydrogens is 378 g/mol. The molecule has 2 aliphatic rings. The van der Waals surface area contributed by atoms with E-state index in [0.717, 1.165) is 5.69 Å². The van der Waals surface area contributed by atoms with Gasteiger partial charge in [0.05, 0.1) is 5.41 Å². The van der Waals surface area contributed by atoms with Crippen LogP contribution >= 0.6 is 12.8 Å². The van der Waals surface area contributed by atoms with Crippen LogP contribution in [0, 0.1) is 0 Å². The van der Waals surface area contributed by atoms with Crippen LogP contribution in [-0.2, 0) is 18.2 Å². The molecule has 0 N–H and O–H groups in total. The van der Waals surface area contributed by atoms with Crippen molar-refractivity contribution in [3.05, 3.63) is 113 Å². The Bertz CT molecular complexity index is 1200. The number of fused-ring (bicyclic) bond motifs is 10. The Balaban J connectivity index is 1.88. The molecule has 0 heterocycles. The molecule has 4 aromatic carbocycles. The SMILES string of the molecule is [S-]N(S)c1cccc2c1C1(c3ccccc3-c3ccccc31)c1ccccc1-2. The molecule has 0 fully saturated rings. The van der Waals surface area contributed by atoms with Gasteiger partial charge in [-0.25, -0.2) is 0 Å². The van der Waals surface area contributed by atoms with E-state index in [1.165, 1.54) is 48.2 Å². The fourth-order valence-corrected chi connectivity index (χ4v) is 5.61. The zero-order valence-corrected chi connectivity index (χ0v) is 16.7. The quantitative estimate of drug-likeness (QED) is 0.263. The zero-order valence-electron chi connectivity index (χ0n) is 15.0. The van der Waals surface area contributed by atoms with E-state index >= 15 is 0 Å². The maximum Gasteiger partial charge on any atom is 0.0745 e. The van der Waals surface area contributed by atoms with Crippen LogP contribution < -0.4 is 3.71 Å². The van der Waals surface area contributed by atoms with Crippen LogP contribution in [0.2, 0.25) is 0 Å². The summed E-state index contributed by atoms with van der Waals surface area (Å²) < 4.78 is 1.54. The van der Waals surface area contributed by atoms with Crippen molar-refractivity contribution in [3.63, 3.8) is 0 Å². The Labute approximate surface area is 175 Å². The van der Waals surface area contributed by atoms with E-state index in [0.29, 0.717) is 0 Å². The van der Waals surface area contributed by atoms with Gasteiger partial charge in [0.2, 0.25) is 0 Å². The van der Waals surface area contributed by atoms with Gasteiger partial charge in [0.25, 0.3) is 0 Å². The first kappa shape index (κ1) is 16.3. The molecular formula is C25H16NS2-. The Morgan fingerprint density at radius 2 is 1.00 bits per heavy atom. The van der Waals surface area contributed by atoms with Gasteiger partial charge in [-0.1, -0.05) is 97.7 Å². The predicted octanol–water partition coefficient (Wildman–Crippen LogP) is 6.14. The molecule has 4 aromatic rings. The second-order valence-corrected chi connectivity index (χ2v) is 8.40. The van der Waals surface area contributed by atoms with Crippen molar-refractivity contribution in [3.8, 4) is 22.3 Å². The first-order chi connectivity index (χ1) is 13.7. The van der Waals surface area contributed by atoms with Gasteiger partial charge in [-0.05, 0) is 45.0 Å². The van der Waals surface area contributed by atoms with Crippen molar-refractivity contribution in [1.82, 2.24) is 0 Å². The van der Waals surface area contributed by atoms with E-state index in [1.807, 2.05) is 0 Å². The topological polar surface area (TPSA) is 3.24 Å². The summed E-state index contributed by atoms with van der Waals surface area (Å²) >= 11 is 10.0. The van der Waals surface area contributed by atoms with Crippen molar-refractivity contribution in [1.29, 1.82) is 0 Å². The number of hydrogen-bond donors (Lipinski definition) is 1. The average Bonchev–Trinajstić information content (AvgIpc) is 3.21. The average molecular weight is 395 g/mol. The van der Waals surface area contributed by atoms with Gasteiger partial charge in [0, 0.05) is 11.3 Å². The standard InChI is InChI=1S/C25H16NS2/c27-26(28)23-15-7-11-19-18-10-3-6-14-22(18)25(24(19)23)20-12-4-1-8-16(20)17-9-2-5-13-21(17)25/h1-15,27H/q-1. The molecule has 6 rings (SSSR count). The Kier molecular flexibility index (Phi) is 3.32. The van der Waals surface area contributed by atoms with Gasteiger partial charge in [-0.2, -0.15) is 0 Å². The molecule has 0 aliphatic heterocycles. The molecule has 0 saturated heterocycles. The number of rotatable bonds is 1. The molecule has 0 unspecified atom stereocenters. The highest BCUT2D eigenvalue weighted by atomic mass is 32.2. The fraction of sp³-hybridized carbons (Fsp3) is 0.0400. The summed E-state index contributed by atoms with van der Waals surface area (Å²) in [4.78, 5) is 0. The van der Waals surface area contributed by atoms with Crippen molar-refractivity contribution in [2.75, 3.05) is 3.71 Å². The minimum absolute atomic E-state index is 0.366. The highest BCUT2D eigenvalue weighted by Crippen LogP contribution is 2.64. The number of nitrogens with zero attached hydrogens (tertiary/aromatic N) is 1. The summed E-state index contributed by atoms with van der Waals surface area (Å²) in [6.07, 6.45) is 0. The van der Waals surface area contributed by atoms with Crippen LogP contribution in [0.25, 0.3) is 22.3 Å². The molecule has 0 amide bonds. The summed E-state index contributed by atoms with van der Waals surface area (Å²) in [5.41, 5.74) is 10.9. The zero-order chi connectivity index (χ0) is 18.9. The smallest absolute Gasteiger partial charge is 0.0745 e. The third-order valence-corrected chi connectivity index (χ3v) is 6.61. The second-order valence-electron chi connectivity index (χ2n) is 7.36. The van der Waals surface area contributed by atoms with E-state index < -0.39 is 0 Å². The van der Waals surface area contributed by atoms with E-state index in [-0.39, 0.29) is 5.41 Å². The van der Waals surface area contributed by atoms with Gasteiger partial charge < -0.3 is 16.5 Å². The van der Waals surface area contributed by atoms with Crippen LogP contribution in [0.4, 0.5) is 5.69 Å². The maximum absolute atomic E-state index is 5.51. The van der Waals surface area contributed by atoms with E-state index in [9.17, 15) is 0 Å². The number of hydrogen-bond acceptors (Lipinski definition) is 3. The number of anilines is 1. The normalized spacial score (nSPS) is 14.4. The second kappa shape index (κ2) is 5.69. The number of benzene rings is 4. The van der Waals surface area contributed by atoms with Gasteiger partial charge in [0.15, 0.2) is 0 Å². The van der Waals surface area contributed by atoms with Gasteiger partial charge >= 0.3 is 0 Å². The van der Waals surface area contributed by atoms with Crippen LogP contribution in [0.1, 0.15) is 22.3 Å². The summed E-state index contributed by atoms with van der Waals surface area (Å²) in [5, 5.41) is 0. The summed E-state index contributed by atoms with van der Waals surface area (Å²) in [7, 11) is 0. The Morgan fingerprint density at radius 3 is 1.50 bits per heavy atom. The van der Waals surface area contributed by atoms with Crippen LogP contribution in [-0.4, -0.2) is 0 Å². The predicted molar refractivity (Wildman–Crippen MR) is 122 cm³/mol. The molecule has 0 aromatic heterocycles. The first-order valence-corrected chi connectivity index (χ1v) is 10.1. The lowest BCUT2D eigenvalue weighted by Crippen LogP contribution is -2.27. The molecule has 1 nitrogen and oxygen atoms in total. The molecule has 2 aliphatic carbocycles. The van der Waals surface area contributed by atoms with Crippen molar-refractivity contribution < 1.29 is 0 Å². The molecule has 134 valence electrons. The molecule has 0 saturated carbocycles. The highest BCUT2D eigenvalue weighted by Gasteiger charge is 2.52. The van der Waals surface area contributed by atoms with E-state index in [4.69, 9.17) is 12.8 Å². The lowest BCUT2D eigenvalue weighted by Gasteiger charge is -2.36. The van der Waals surface area contributed by atoms with Gasteiger partial charge in [0.1, 0.15) is 0 Å². The lowest BCUT2D eigenvalue weighted by atomic mass is 9.70. The maximum atomic E-state index is 5.51. The molecule has 28 heavy (non-hydrogen) atoms. The van der Waals surface area contributed by atoms with Crippen LogP contribution in [0.15, 0.2) is 91.0 Å². The summed E-state index contributed by atoms with van der Waals surface area (Å²) in [6, 6.07) is 32.7. The Hall–Kier alpha value is -2.62. The molecule has 3 heteroatoms. The van der Waals surface area contributed by atoms with Crippen molar-refractivity contribution in [2.24, 2.45) is 0 Å². The third kappa shape index (κ3) is 1.81. The molecule has 0 radical (unpaired) electrons. The van der Waals surface area contributed by atoms with Gasteiger partial charge in [-0.15, -0.1) is 0 Å². The van der Waals surface area contributed by atoms with Crippen LogP contribution in [0.3, 0.4) is 0 Å². The molecule has 0 bridgehead atoms. The monoisotopic (exact) mass is 394 g/mol. The fourth-order valence-electron chi connectivity index (χ4n) is 5.29. The van der Waals surface area contributed by atoms with Crippen molar-refractivity contribution >= 4 is 31.3 Å². The third-order valence-electron chi connectivity index (χ3n) is 6.20. The van der Waals surface area contributed by atoms with E-state index in [2.05, 4.69) is 104 Å². The van der Waals surface area contributed by atoms with Gasteiger partial charge in [-0.3, -0.25) is 0 Å². The Morgan fingerprint density at radius 1 is 0.571 bits per heavy atom. The molecule has 0 atom stereocenters. The summed E-state index contributed by atoms with van der Waals surface area (Å²) in [5.74, 6) is 0. The minimum atomic E-state index is -0.366. The summed E-state index contributed by atoms with van der Waals surface area (Å²) in [6.45, 7) is 0. The highest BCUT2D eigenvalue weighted by molar-refractivity contribution is 7.92. The molecule has 1 spiro atoms. The minimum Gasteiger partial charge on any atom is -0.653 e.